The number of benzene rings is 2. The number of hydrogen-bond donors (Lipinski definition) is 3. The molecule has 9 heteroatoms. The predicted molar refractivity (Wildman–Crippen MR) is 143 cm³/mol. The first-order chi connectivity index (χ1) is 16.9. The number of halogens is 2. The van der Waals surface area contributed by atoms with Crippen LogP contribution in [0.2, 0.25) is 0 Å². The molecule has 3 aromatic rings. The van der Waals surface area contributed by atoms with Crippen LogP contribution in [0.3, 0.4) is 0 Å². The zero-order chi connectivity index (χ0) is 24.8. The van der Waals surface area contributed by atoms with Gasteiger partial charge in [0.05, 0.1) is 11.3 Å². The molecule has 7 nitrogen and oxygen atoms in total. The van der Waals surface area contributed by atoms with Crippen molar-refractivity contribution < 1.29 is 14.0 Å². The maximum atomic E-state index is 13.9. The molecule has 4 rings (SSSR count). The van der Waals surface area contributed by atoms with Crippen LogP contribution >= 0.6 is 22.6 Å². The minimum Gasteiger partial charge on any atom is -0.357 e. The average Bonchev–Trinajstić information content (AvgIpc) is 2.90. The third-order valence-electron chi connectivity index (χ3n) is 5.79. The topological polar surface area (TPSA) is 98.2 Å². The van der Waals surface area contributed by atoms with E-state index in [0.29, 0.717) is 17.2 Å². The van der Waals surface area contributed by atoms with Gasteiger partial charge in [-0.1, -0.05) is 40.8 Å². The van der Waals surface area contributed by atoms with Crippen LogP contribution in [0.5, 0.6) is 0 Å². The van der Waals surface area contributed by atoms with Gasteiger partial charge in [-0.05, 0) is 61.2 Å². The monoisotopic (exact) mass is 585 g/mol. The number of hydrogen-bond acceptors (Lipinski definition) is 4. The van der Waals surface area contributed by atoms with Crippen molar-refractivity contribution in [1.82, 2.24) is 9.88 Å². The van der Waals surface area contributed by atoms with E-state index in [4.69, 9.17) is 5.41 Å². The van der Waals surface area contributed by atoms with Crippen LogP contribution < -0.4 is 10.6 Å². The molecule has 1 aliphatic heterocycles. The molecular weight excluding hydrogens is 560 g/mol. The van der Waals surface area contributed by atoms with Crippen LogP contribution in [0.1, 0.15) is 51.1 Å². The van der Waals surface area contributed by atoms with E-state index < -0.39 is 17.6 Å². The van der Waals surface area contributed by atoms with Crippen molar-refractivity contribution >= 4 is 51.7 Å². The molecule has 0 radical (unpaired) electrons. The average molecular weight is 585 g/mol. The molecule has 0 aliphatic carbocycles. The van der Waals surface area contributed by atoms with Crippen LogP contribution in [0.4, 0.5) is 15.9 Å². The van der Waals surface area contributed by atoms with E-state index in [1.807, 2.05) is 11.0 Å². The Labute approximate surface area is 216 Å². The number of amides is 2. The Hall–Kier alpha value is -3.34. The van der Waals surface area contributed by atoms with E-state index in [1.54, 1.807) is 36.5 Å². The van der Waals surface area contributed by atoms with Crippen molar-refractivity contribution in [1.29, 1.82) is 5.41 Å². The summed E-state index contributed by atoms with van der Waals surface area (Å²) in [5.74, 6) is -0.834. The molecule has 0 atom stereocenters. The molecule has 0 unspecified atom stereocenters. The highest BCUT2D eigenvalue weighted by Gasteiger charge is 2.18. The number of likely N-dealkylation sites (tertiary alicyclic amines) is 1. The fraction of sp³-hybridized carbons (Fsp3) is 0.231. The largest absolute Gasteiger partial charge is 0.357 e. The molecule has 180 valence electrons. The van der Waals surface area contributed by atoms with Crippen LogP contribution in [-0.4, -0.2) is 40.6 Å². The highest BCUT2D eigenvalue weighted by Crippen LogP contribution is 2.21. The van der Waals surface area contributed by atoms with E-state index in [-0.39, 0.29) is 11.3 Å². The van der Waals surface area contributed by atoms with E-state index in [2.05, 4.69) is 38.2 Å². The van der Waals surface area contributed by atoms with Crippen molar-refractivity contribution in [3.05, 3.63) is 88.9 Å². The van der Waals surface area contributed by atoms with Gasteiger partial charge in [0, 0.05) is 34.8 Å². The highest BCUT2D eigenvalue weighted by molar-refractivity contribution is 14.1. The Morgan fingerprint density at radius 2 is 1.66 bits per heavy atom. The summed E-state index contributed by atoms with van der Waals surface area (Å²) in [7, 11) is 0. The number of alkyl halides is 1. The second-order valence-electron chi connectivity index (χ2n) is 8.26. The molecule has 2 amide bonds. The summed E-state index contributed by atoms with van der Waals surface area (Å²) in [4.78, 5) is 31.9. The fourth-order valence-electron chi connectivity index (χ4n) is 3.85. The second kappa shape index (κ2) is 11.4. The van der Waals surface area contributed by atoms with Crippen LogP contribution in [-0.2, 0) is 4.43 Å². The maximum Gasteiger partial charge on any atom is 0.259 e. The van der Waals surface area contributed by atoms with Gasteiger partial charge in [0.1, 0.15) is 17.5 Å². The Morgan fingerprint density at radius 1 is 0.943 bits per heavy atom. The van der Waals surface area contributed by atoms with Crippen molar-refractivity contribution in [3.63, 3.8) is 0 Å². The van der Waals surface area contributed by atoms with E-state index >= 15 is 0 Å². The van der Waals surface area contributed by atoms with E-state index in [0.717, 1.165) is 47.6 Å². The van der Waals surface area contributed by atoms with Crippen LogP contribution in [0, 0.1) is 11.2 Å². The predicted octanol–water partition coefficient (Wildman–Crippen LogP) is 5.47. The molecule has 0 bridgehead atoms. The third kappa shape index (κ3) is 6.21. The lowest BCUT2D eigenvalue weighted by Crippen LogP contribution is -2.35. The summed E-state index contributed by atoms with van der Waals surface area (Å²) in [6.07, 6.45) is 5.01. The van der Waals surface area contributed by atoms with Crippen molar-refractivity contribution in [2.45, 2.75) is 23.7 Å². The fourth-order valence-corrected chi connectivity index (χ4v) is 4.30. The van der Waals surface area contributed by atoms with Crippen molar-refractivity contribution in [2.24, 2.45) is 0 Å². The molecule has 3 N–H and O–H groups in total. The quantitative estimate of drug-likeness (QED) is 0.155. The lowest BCUT2D eigenvalue weighted by Gasteiger charge is -2.29. The number of amidine groups is 1. The molecule has 2 aromatic carbocycles. The van der Waals surface area contributed by atoms with Gasteiger partial charge in [0.15, 0.2) is 0 Å². The van der Waals surface area contributed by atoms with Gasteiger partial charge in [-0.3, -0.25) is 15.0 Å². The van der Waals surface area contributed by atoms with Crippen LogP contribution in [0.15, 0.2) is 60.8 Å². The zero-order valence-corrected chi connectivity index (χ0v) is 21.1. The number of nitrogens with zero attached hydrogens (tertiary/aromatic N) is 2. The standard InChI is InChI=1S/C26H25FIN5O2/c27-20-9-10-22(21(14-20)26(35)32-23-11-4-17(15-28)16-30-23)31-25(34)19-7-5-18(6-8-19)24(29)33-12-2-1-3-13-33/h4-11,14,16,29H,1-3,12-13,15H2,(H,31,34)(H,30,32,35). The summed E-state index contributed by atoms with van der Waals surface area (Å²) in [6, 6.07) is 13.9. The number of pyridine rings is 1. The van der Waals surface area contributed by atoms with Gasteiger partial charge in [-0.15, -0.1) is 0 Å². The van der Waals surface area contributed by atoms with Gasteiger partial charge < -0.3 is 15.5 Å². The lowest BCUT2D eigenvalue weighted by molar-refractivity contribution is 0.102. The summed E-state index contributed by atoms with van der Waals surface area (Å²) < 4.78 is 14.7. The minimum absolute atomic E-state index is 0.0124. The Bertz CT molecular complexity index is 1230. The van der Waals surface area contributed by atoms with Crippen molar-refractivity contribution in [3.8, 4) is 0 Å². The van der Waals surface area contributed by atoms with E-state index in [9.17, 15) is 14.0 Å². The molecule has 1 aliphatic rings. The molecule has 0 spiro atoms. The number of aromatic nitrogens is 1. The first-order valence-electron chi connectivity index (χ1n) is 11.3. The summed E-state index contributed by atoms with van der Waals surface area (Å²) >= 11 is 2.22. The van der Waals surface area contributed by atoms with E-state index in [1.165, 1.54) is 18.6 Å². The number of anilines is 2. The Kier molecular flexibility index (Phi) is 8.06. The first kappa shape index (κ1) is 24.8. The first-order valence-corrected chi connectivity index (χ1v) is 12.8. The van der Waals surface area contributed by atoms with Crippen molar-refractivity contribution in [2.75, 3.05) is 23.7 Å². The SMILES string of the molecule is N=C(c1ccc(C(=O)Nc2ccc(F)cc2C(=O)Nc2ccc(CI)cn2)cc1)N1CCCCC1. The van der Waals surface area contributed by atoms with Gasteiger partial charge in [0.25, 0.3) is 11.8 Å². The van der Waals surface area contributed by atoms with Gasteiger partial charge in [0.2, 0.25) is 0 Å². The summed E-state index contributed by atoms with van der Waals surface area (Å²) in [5, 5.41) is 13.8. The molecule has 1 aromatic heterocycles. The molecule has 1 saturated heterocycles. The summed E-state index contributed by atoms with van der Waals surface area (Å²) in [5.41, 5.74) is 2.29. The number of nitrogens with one attached hydrogen (secondary N) is 3. The molecular formula is C26H25FIN5O2. The maximum absolute atomic E-state index is 13.9. The number of rotatable bonds is 6. The normalized spacial score (nSPS) is 13.3. The lowest BCUT2D eigenvalue weighted by atomic mass is 10.1. The molecule has 0 saturated carbocycles. The molecule has 2 heterocycles. The summed E-state index contributed by atoms with van der Waals surface area (Å²) in [6.45, 7) is 1.74. The molecule has 1 fully saturated rings. The third-order valence-corrected chi connectivity index (χ3v) is 6.67. The number of carbonyl (C=O) groups excluding carboxylic acids is 2. The Balaban J connectivity index is 1.47. The molecule has 35 heavy (non-hydrogen) atoms. The zero-order valence-electron chi connectivity index (χ0n) is 19.0. The van der Waals surface area contributed by atoms with Crippen LogP contribution in [0.25, 0.3) is 0 Å². The number of piperidine rings is 1. The number of carbonyl (C=O) groups is 2. The highest BCUT2D eigenvalue weighted by atomic mass is 127. The van der Waals surface area contributed by atoms with Gasteiger partial charge >= 0.3 is 0 Å². The van der Waals surface area contributed by atoms with Gasteiger partial charge in [-0.25, -0.2) is 9.37 Å². The minimum atomic E-state index is -0.595. The Morgan fingerprint density at radius 3 is 2.31 bits per heavy atom. The van der Waals surface area contributed by atoms with Gasteiger partial charge in [-0.2, -0.15) is 0 Å². The smallest absolute Gasteiger partial charge is 0.259 e. The second-order valence-corrected chi connectivity index (χ2v) is 9.02.